The average Bonchev–Trinajstić information content (AvgIpc) is 3.01. The fraction of sp³-hybridized carbons (Fsp3) is 0.429. The van der Waals surface area contributed by atoms with Crippen LogP contribution in [0.5, 0.6) is 0 Å². The van der Waals surface area contributed by atoms with Crippen LogP contribution < -0.4 is 5.32 Å². The zero-order chi connectivity index (χ0) is 15.0. The van der Waals surface area contributed by atoms with Gasteiger partial charge in [-0.1, -0.05) is 25.9 Å². The molecule has 0 aromatic carbocycles. The average molecular weight is 286 g/mol. The van der Waals surface area contributed by atoms with Crippen LogP contribution in [-0.2, 0) is 12.0 Å². The van der Waals surface area contributed by atoms with Gasteiger partial charge in [-0.15, -0.1) is 0 Å². The minimum absolute atomic E-state index is 0.00705. The third kappa shape index (κ3) is 2.72. The zero-order valence-electron chi connectivity index (χ0n) is 12.6. The third-order valence-corrected chi connectivity index (χ3v) is 3.13. The van der Waals surface area contributed by atoms with Crippen molar-refractivity contribution in [1.29, 1.82) is 0 Å². The molecular weight excluding hydrogens is 268 g/mol. The van der Waals surface area contributed by atoms with Gasteiger partial charge < -0.3 is 9.84 Å². The van der Waals surface area contributed by atoms with E-state index in [9.17, 15) is 0 Å². The van der Waals surface area contributed by atoms with Gasteiger partial charge in [0, 0.05) is 17.8 Å². The van der Waals surface area contributed by atoms with Gasteiger partial charge in [-0.2, -0.15) is 10.1 Å². The molecule has 0 spiro atoms. The second-order valence-corrected chi connectivity index (χ2v) is 5.97. The van der Waals surface area contributed by atoms with E-state index in [1.54, 1.807) is 13.1 Å². The van der Waals surface area contributed by atoms with Gasteiger partial charge >= 0.3 is 0 Å². The van der Waals surface area contributed by atoms with E-state index in [0.29, 0.717) is 18.3 Å². The van der Waals surface area contributed by atoms with Gasteiger partial charge in [0.25, 0.3) is 0 Å². The highest BCUT2D eigenvalue weighted by Gasteiger charge is 2.19. The first-order chi connectivity index (χ1) is 9.93. The Labute approximate surface area is 122 Å². The molecule has 110 valence electrons. The minimum Gasteiger partial charge on any atom is -0.359 e. The van der Waals surface area contributed by atoms with Crippen molar-refractivity contribution in [2.45, 2.75) is 39.7 Å². The Morgan fingerprint density at radius 2 is 2.14 bits per heavy atom. The maximum Gasteiger partial charge on any atom is 0.245 e. The van der Waals surface area contributed by atoms with Crippen LogP contribution in [0.2, 0.25) is 0 Å². The van der Waals surface area contributed by atoms with Crippen molar-refractivity contribution in [3.63, 3.8) is 0 Å². The molecule has 0 aliphatic carbocycles. The van der Waals surface area contributed by atoms with E-state index in [4.69, 9.17) is 4.52 Å². The van der Waals surface area contributed by atoms with Crippen molar-refractivity contribution in [2.75, 3.05) is 5.32 Å². The van der Waals surface area contributed by atoms with Crippen molar-refractivity contribution < 1.29 is 4.52 Å². The summed E-state index contributed by atoms with van der Waals surface area (Å²) < 4.78 is 6.91. The van der Waals surface area contributed by atoms with Gasteiger partial charge in [-0.05, 0) is 13.0 Å². The number of anilines is 1. The lowest BCUT2D eigenvalue weighted by atomic mass is 9.92. The Kier molecular flexibility index (Phi) is 3.12. The largest absolute Gasteiger partial charge is 0.359 e. The summed E-state index contributed by atoms with van der Waals surface area (Å²) in [5.41, 5.74) is 1.94. The van der Waals surface area contributed by atoms with Crippen molar-refractivity contribution in [1.82, 2.24) is 24.7 Å². The number of rotatable bonds is 3. The molecule has 0 saturated heterocycles. The Morgan fingerprint density at radius 3 is 2.81 bits per heavy atom. The van der Waals surface area contributed by atoms with Crippen molar-refractivity contribution in [2.24, 2.45) is 0 Å². The second-order valence-electron chi connectivity index (χ2n) is 5.97. The molecule has 1 N–H and O–H groups in total. The molecule has 0 unspecified atom stereocenters. The van der Waals surface area contributed by atoms with Crippen LogP contribution in [0.25, 0.3) is 5.52 Å². The summed E-state index contributed by atoms with van der Waals surface area (Å²) in [5.74, 6) is 1.90. The summed E-state index contributed by atoms with van der Waals surface area (Å²) in [6.07, 6.45) is 3.56. The van der Waals surface area contributed by atoms with Gasteiger partial charge in [0.05, 0.1) is 12.2 Å². The normalized spacial score (nSPS) is 12.0. The number of aromatic nitrogens is 5. The van der Waals surface area contributed by atoms with E-state index in [0.717, 1.165) is 17.0 Å². The fourth-order valence-electron chi connectivity index (χ4n) is 2.00. The Morgan fingerprint density at radius 1 is 1.33 bits per heavy atom. The summed E-state index contributed by atoms with van der Waals surface area (Å²) in [5, 5.41) is 11.6. The Bertz CT molecular complexity index is 767. The topological polar surface area (TPSA) is 81.1 Å². The first-order valence-electron chi connectivity index (χ1n) is 6.81. The van der Waals surface area contributed by atoms with Crippen molar-refractivity contribution >= 4 is 11.3 Å². The predicted molar refractivity (Wildman–Crippen MR) is 78.0 cm³/mol. The van der Waals surface area contributed by atoms with Gasteiger partial charge in [0.2, 0.25) is 5.89 Å². The van der Waals surface area contributed by atoms with Gasteiger partial charge in [-0.25, -0.2) is 9.50 Å². The Hall–Kier alpha value is -2.44. The number of aryl methyl sites for hydroxylation is 1. The number of nitrogens with one attached hydrogen (secondary N) is 1. The highest BCUT2D eigenvalue weighted by atomic mass is 16.5. The molecule has 3 aromatic rings. The van der Waals surface area contributed by atoms with Crippen LogP contribution in [0.1, 0.15) is 38.2 Å². The van der Waals surface area contributed by atoms with Crippen molar-refractivity contribution in [3.8, 4) is 0 Å². The molecule has 7 nitrogen and oxygen atoms in total. The third-order valence-electron chi connectivity index (χ3n) is 3.13. The molecule has 3 aromatic heterocycles. The van der Waals surface area contributed by atoms with E-state index < -0.39 is 0 Å². The van der Waals surface area contributed by atoms with Gasteiger partial charge in [0.1, 0.15) is 5.52 Å². The van der Waals surface area contributed by atoms with Gasteiger partial charge in [0.15, 0.2) is 11.6 Å². The molecule has 3 rings (SSSR count). The van der Waals surface area contributed by atoms with E-state index >= 15 is 0 Å². The predicted octanol–water partition coefficient (Wildman–Crippen LogP) is 2.33. The van der Waals surface area contributed by atoms with Gasteiger partial charge in [-0.3, -0.25) is 0 Å². The summed E-state index contributed by atoms with van der Waals surface area (Å²) in [6, 6.07) is 2.05. The lowest BCUT2D eigenvalue weighted by Crippen LogP contribution is -2.11. The highest BCUT2D eigenvalue weighted by Crippen LogP contribution is 2.24. The van der Waals surface area contributed by atoms with Crippen molar-refractivity contribution in [3.05, 3.63) is 35.9 Å². The van der Waals surface area contributed by atoms with Crippen LogP contribution in [0, 0.1) is 6.92 Å². The van der Waals surface area contributed by atoms with E-state index in [1.165, 1.54) is 0 Å². The quantitative estimate of drug-likeness (QED) is 0.796. The van der Waals surface area contributed by atoms with Crippen LogP contribution in [0.15, 0.2) is 23.0 Å². The standard InChI is InChI=1S/C14H18N6O/c1-9-17-12(21-19-9)8-16-13-10-7-11(14(2,3)4)18-20(10)6-5-15-13/h5-7H,8H2,1-4H3,(H,15,16). The fourth-order valence-corrected chi connectivity index (χ4v) is 2.00. The first-order valence-corrected chi connectivity index (χ1v) is 6.81. The summed E-state index contributed by atoms with van der Waals surface area (Å²) in [6.45, 7) is 8.63. The molecule has 21 heavy (non-hydrogen) atoms. The molecule has 0 aliphatic heterocycles. The second kappa shape index (κ2) is 4.83. The zero-order valence-corrected chi connectivity index (χ0v) is 12.6. The van der Waals surface area contributed by atoms with Crippen LogP contribution in [0.4, 0.5) is 5.82 Å². The maximum absolute atomic E-state index is 5.08. The van der Waals surface area contributed by atoms with Crippen LogP contribution in [-0.4, -0.2) is 24.7 Å². The molecule has 0 saturated carbocycles. The molecule has 0 radical (unpaired) electrons. The molecular formula is C14H18N6O. The van der Waals surface area contributed by atoms with E-state index in [1.807, 2.05) is 16.8 Å². The Balaban J connectivity index is 1.89. The SMILES string of the molecule is Cc1noc(CNc2nccn3nc(C(C)(C)C)cc23)n1. The lowest BCUT2D eigenvalue weighted by Gasteiger charge is -2.13. The van der Waals surface area contributed by atoms with Crippen LogP contribution >= 0.6 is 0 Å². The molecule has 3 heterocycles. The minimum atomic E-state index is -0.00705. The summed E-state index contributed by atoms with van der Waals surface area (Å²) in [4.78, 5) is 8.52. The molecule has 0 atom stereocenters. The highest BCUT2D eigenvalue weighted by molar-refractivity contribution is 5.68. The number of fused-ring (bicyclic) bond motifs is 1. The number of hydrogen-bond donors (Lipinski definition) is 1. The monoisotopic (exact) mass is 286 g/mol. The number of hydrogen-bond acceptors (Lipinski definition) is 6. The molecule has 0 bridgehead atoms. The smallest absolute Gasteiger partial charge is 0.245 e. The summed E-state index contributed by atoms with van der Waals surface area (Å²) >= 11 is 0. The van der Waals surface area contributed by atoms with Crippen LogP contribution in [0.3, 0.4) is 0 Å². The molecule has 7 heteroatoms. The van der Waals surface area contributed by atoms with E-state index in [-0.39, 0.29) is 5.41 Å². The first kappa shape index (κ1) is 13.5. The van der Waals surface area contributed by atoms with E-state index in [2.05, 4.69) is 46.3 Å². The maximum atomic E-state index is 5.08. The number of nitrogens with zero attached hydrogens (tertiary/aromatic N) is 5. The molecule has 0 aliphatic rings. The lowest BCUT2D eigenvalue weighted by molar-refractivity contribution is 0.379. The molecule has 0 amide bonds. The summed E-state index contributed by atoms with van der Waals surface area (Å²) in [7, 11) is 0. The molecule has 0 fully saturated rings.